The van der Waals surface area contributed by atoms with Crippen LogP contribution in [0, 0.1) is 0 Å². The first-order valence-electron chi connectivity index (χ1n) is 5.65. The molecule has 17 heavy (non-hydrogen) atoms. The molecule has 1 aromatic rings. The number of aromatic nitrogens is 1. The average Bonchev–Trinajstić information content (AvgIpc) is 2.33. The average molecular weight is 240 g/mol. The molecule has 1 N–H and O–H groups in total. The third-order valence-corrected chi connectivity index (χ3v) is 2.59. The highest BCUT2D eigenvalue weighted by atomic mass is 16.7. The van der Waals surface area contributed by atoms with Crippen molar-refractivity contribution in [2.45, 2.75) is 32.7 Å². The second-order valence-corrected chi connectivity index (χ2v) is 3.81. The van der Waals surface area contributed by atoms with E-state index in [9.17, 15) is 4.79 Å². The van der Waals surface area contributed by atoms with Crippen molar-refractivity contribution in [2.75, 3.05) is 19.5 Å². The van der Waals surface area contributed by atoms with E-state index in [0.717, 1.165) is 5.69 Å². The van der Waals surface area contributed by atoms with Crippen molar-refractivity contribution >= 4 is 5.69 Å². The molecule has 0 saturated heterocycles. The fraction of sp³-hybridized carbons (Fsp3) is 0.583. The first-order chi connectivity index (χ1) is 8.12. The van der Waals surface area contributed by atoms with Crippen LogP contribution in [0.25, 0.3) is 0 Å². The summed E-state index contributed by atoms with van der Waals surface area (Å²) in [5.41, 5.74) is 0.874. The molecule has 0 fully saturated rings. The van der Waals surface area contributed by atoms with Crippen LogP contribution in [0.2, 0.25) is 0 Å². The Labute approximate surface area is 101 Å². The second-order valence-electron chi connectivity index (χ2n) is 3.81. The summed E-state index contributed by atoms with van der Waals surface area (Å²) in [5, 5.41) is 3.24. The van der Waals surface area contributed by atoms with Crippen LogP contribution >= 0.6 is 0 Å². The summed E-state index contributed by atoms with van der Waals surface area (Å²) < 4.78 is 12.0. The maximum atomic E-state index is 11.4. The molecule has 0 spiro atoms. The Kier molecular flexibility index (Phi) is 5.18. The number of nitrogens with one attached hydrogen (secondary N) is 1. The minimum Gasteiger partial charge on any atom is -0.376 e. The number of hydrogen-bond donors (Lipinski definition) is 1. The van der Waals surface area contributed by atoms with E-state index in [2.05, 4.69) is 5.32 Å². The quantitative estimate of drug-likeness (QED) is 0.761. The van der Waals surface area contributed by atoms with Crippen LogP contribution in [0.3, 0.4) is 0 Å². The standard InChI is InChI=1S/C12H20N2O3/c1-5-14-8-10(6-7-11(14)15)13-9(2)12(16-3)17-4/h6-9,12-13H,5H2,1-4H3. The van der Waals surface area contributed by atoms with Crippen molar-refractivity contribution in [3.05, 3.63) is 28.7 Å². The molecule has 1 aromatic heterocycles. The Hall–Kier alpha value is -1.33. The number of methoxy groups -OCH3 is 2. The van der Waals surface area contributed by atoms with Crippen molar-refractivity contribution in [1.29, 1.82) is 0 Å². The lowest BCUT2D eigenvalue weighted by atomic mass is 10.3. The van der Waals surface area contributed by atoms with Gasteiger partial charge in [-0.2, -0.15) is 0 Å². The molecule has 0 aliphatic heterocycles. The van der Waals surface area contributed by atoms with Gasteiger partial charge in [0.05, 0.1) is 11.7 Å². The van der Waals surface area contributed by atoms with Crippen molar-refractivity contribution in [3.8, 4) is 0 Å². The first-order valence-corrected chi connectivity index (χ1v) is 5.65. The molecule has 0 bridgehead atoms. The van der Waals surface area contributed by atoms with Gasteiger partial charge in [-0.3, -0.25) is 4.79 Å². The van der Waals surface area contributed by atoms with Gasteiger partial charge in [-0.25, -0.2) is 0 Å². The maximum absolute atomic E-state index is 11.4. The second kappa shape index (κ2) is 6.42. The van der Waals surface area contributed by atoms with Gasteiger partial charge < -0.3 is 19.4 Å². The van der Waals surface area contributed by atoms with Crippen LogP contribution in [-0.4, -0.2) is 31.1 Å². The molecule has 1 unspecified atom stereocenters. The van der Waals surface area contributed by atoms with Crippen LogP contribution in [0.15, 0.2) is 23.1 Å². The number of hydrogen-bond acceptors (Lipinski definition) is 4. The van der Waals surface area contributed by atoms with Crippen molar-refractivity contribution in [3.63, 3.8) is 0 Å². The molecule has 5 heteroatoms. The van der Waals surface area contributed by atoms with Crippen LogP contribution < -0.4 is 10.9 Å². The normalized spacial score (nSPS) is 12.8. The number of pyridine rings is 1. The van der Waals surface area contributed by atoms with Crippen molar-refractivity contribution < 1.29 is 9.47 Å². The van der Waals surface area contributed by atoms with Gasteiger partial charge in [0.15, 0.2) is 6.29 Å². The SMILES string of the molecule is CCn1cc(NC(C)C(OC)OC)ccc1=O. The number of anilines is 1. The van der Waals surface area contributed by atoms with Gasteiger partial charge in [0.1, 0.15) is 0 Å². The Morgan fingerprint density at radius 2 is 2.00 bits per heavy atom. The largest absolute Gasteiger partial charge is 0.376 e. The lowest BCUT2D eigenvalue weighted by molar-refractivity contribution is -0.109. The topological polar surface area (TPSA) is 52.5 Å². The van der Waals surface area contributed by atoms with Crippen molar-refractivity contribution in [1.82, 2.24) is 4.57 Å². The number of nitrogens with zero attached hydrogens (tertiary/aromatic N) is 1. The predicted molar refractivity (Wildman–Crippen MR) is 67.3 cm³/mol. The van der Waals surface area contributed by atoms with Gasteiger partial charge in [0.25, 0.3) is 5.56 Å². The molecule has 0 aliphatic carbocycles. The molecular formula is C12H20N2O3. The third kappa shape index (κ3) is 3.57. The zero-order chi connectivity index (χ0) is 12.8. The van der Waals surface area contributed by atoms with E-state index in [1.165, 1.54) is 0 Å². The molecule has 0 aromatic carbocycles. The lowest BCUT2D eigenvalue weighted by Gasteiger charge is -2.23. The van der Waals surface area contributed by atoms with E-state index in [0.29, 0.717) is 6.54 Å². The zero-order valence-corrected chi connectivity index (χ0v) is 10.8. The van der Waals surface area contributed by atoms with Gasteiger partial charge >= 0.3 is 0 Å². The Morgan fingerprint density at radius 3 is 2.53 bits per heavy atom. The lowest BCUT2D eigenvalue weighted by Crippen LogP contribution is -2.34. The van der Waals surface area contributed by atoms with Crippen LogP contribution in [-0.2, 0) is 16.0 Å². The van der Waals surface area contributed by atoms with E-state index in [4.69, 9.17) is 9.47 Å². The van der Waals surface area contributed by atoms with Crippen molar-refractivity contribution in [2.24, 2.45) is 0 Å². The summed E-state index contributed by atoms with van der Waals surface area (Å²) in [5.74, 6) is 0. The minimum absolute atomic E-state index is 0.000682. The summed E-state index contributed by atoms with van der Waals surface area (Å²) in [6, 6.07) is 3.30. The molecule has 96 valence electrons. The van der Waals surface area contributed by atoms with Gasteiger partial charge in [-0.15, -0.1) is 0 Å². The maximum Gasteiger partial charge on any atom is 0.250 e. The smallest absolute Gasteiger partial charge is 0.250 e. The Balaban J connectivity index is 2.77. The highest BCUT2D eigenvalue weighted by molar-refractivity contribution is 5.41. The molecule has 0 radical (unpaired) electrons. The number of rotatable bonds is 6. The summed E-state index contributed by atoms with van der Waals surface area (Å²) in [4.78, 5) is 11.4. The molecular weight excluding hydrogens is 220 g/mol. The number of aryl methyl sites for hydroxylation is 1. The fourth-order valence-corrected chi connectivity index (χ4v) is 1.70. The van der Waals surface area contributed by atoms with Crippen LogP contribution in [0.5, 0.6) is 0 Å². The highest BCUT2D eigenvalue weighted by Gasteiger charge is 2.15. The fourth-order valence-electron chi connectivity index (χ4n) is 1.70. The predicted octanol–water partition coefficient (Wildman–Crippen LogP) is 1.29. The summed E-state index contributed by atoms with van der Waals surface area (Å²) in [6.45, 7) is 4.54. The monoisotopic (exact) mass is 240 g/mol. The zero-order valence-electron chi connectivity index (χ0n) is 10.8. The Morgan fingerprint density at radius 1 is 1.35 bits per heavy atom. The molecule has 1 rings (SSSR count). The van der Waals surface area contributed by atoms with E-state index < -0.39 is 0 Å². The number of ether oxygens (including phenoxy) is 2. The van der Waals surface area contributed by atoms with Crippen LogP contribution in [0.1, 0.15) is 13.8 Å². The third-order valence-electron chi connectivity index (χ3n) is 2.59. The molecule has 1 heterocycles. The van der Waals surface area contributed by atoms with Crippen LogP contribution in [0.4, 0.5) is 5.69 Å². The van der Waals surface area contributed by atoms with Gasteiger partial charge in [0.2, 0.25) is 0 Å². The first kappa shape index (κ1) is 13.7. The highest BCUT2D eigenvalue weighted by Crippen LogP contribution is 2.09. The minimum atomic E-state index is -0.322. The molecule has 0 amide bonds. The molecule has 5 nitrogen and oxygen atoms in total. The van der Waals surface area contributed by atoms with E-state index in [-0.39, 0.29) is 17.9 Å². The molecule has 1 atom stereocenters. The molecule has 0 aliphatic rings. The summed E-state index contributed by atoms with van der Waals surface area (Å²) in [7, 11) is 3.19. The summed E-state index contributed by atoms with van der Waals surface area (Å²) >= 11 is 0. The van der Waals surface area contributed by atoms with Gasteiger partial charge in [-0.1, -0.05) is 0 Å². The van der Waals surface area contributed by atoms with E-state index >= 15 is 0 Å². The van der Waals surface area contributed by atoms with E-state index in [1.807, 2.05) is 13.8 Å². The van der Waals surface area contributed by atoms with E-state index in [1.54, 1.807) is 37.1 Å². The summed E-state index contributed by atoms with van der Waals surface area (Å²) in [6.07, 6.45) is 1.47. The van der Waals surface area contributed by atoms with Gasteiger partial charge in [0, 0.05) is 33.0 Å². The molecule has 0 saturated carbocycles. The van der Waals surface area contributed by atoms with Gasteiger partial charge in [-0.05, 0) is 19.9 Å². The Bertz CT molecular complexity index is 399.